The van der Waals surface area contributed by atoms with Crippen molar-refractivity contribution >= 4 is 22.5 Å². The monoisotopic (exact) mass is 475 g/mol. The maximum absolute atomic E-state index is 14.8. The molecule has 0 aliphatic rings. The third kappa shape index (κ3) is 6.04. The first-order valence-corrected chi connectivity index (χ1v) is 11.1. The lowest BCUT2D eigenvalue weighted by Gasteiger charge is -2.13. The Balaban J connectivity index is 1.38. The van der Waals surface area contributed by atoms with Gasteiger partial charge in [-0.2, -0.15) is 0 Å². The van der Waals surface area contributed by atoms with Crippen LogP contribution in [0.25, 0.3) is 10.9 Å². The van der Waals surface area contributed by atoms with Crippen LogP contribution >= 0.6 is 0 Å². The molecule has 1 heterocycles. The van der Waals surface area contributed by atoms with Crippen LogP contribution in [0.4, 0.5) is 10.1 Å². The van der Waals surface area contributed by atoms with Crippen molar-refractivity contribution in [1.82, 2.24) is 10.3 Å². The highest BCUT2D eigenvalue weighted by Crippen LogP contribution is 2.37. The number of halogens is 1. The van der Waals surface area contributed by atoms with E-state index in [9.17, 15) is 9.18 Å². The van der Waals surface area contributed by atoms with Gasteiger partial charge in [0.15, 0.2) is 23.1 Å². The summed E-state index contributed by atoms with van der Waals surface area (Å²) in [5, 5.41) is 6.43. The van der Waals surface area contributed by atoms with Crippen molar-refractivity contribution in [2.45, 2.75) is 6.42 Å². The summed E-state index contributed by atoms with van der Waals surface area (Å²) in [6.45, 7) is 0.788. The van der Waals surface area contributed by atoms with Crippen LogP contribution in [0, 0.1) is 5.82 Å². The minimum atomic E-state index is -0.606. The zero-order chi connectivity index (χ0) is 24.6. The summed E-state index contributed by atoms with van der Waals surface area (Å²) in [6, 6.07) is 19.4. The van der Waals surface area contributed by atoms with Crippen molar-refractivity contribution in [3.05, 3.63) is 84.3 Å². The molecule has 0 bridgehead atoms. The van der Waals surface area contributed by atoms with Gasteiger partial charge in [0.2, 0.25) is 5.91 Å². The zero-order valence-electron chi connectivity index (χ0n) is 19.5. The molecule has 0 atom stereocenters. The Hall–Kier alpha value is -4.17. The lowest BCUT2D eigenvalue weighted by molar-refractivity contribution is -0.115. The third-order valence-corrected chi connectivity index (χ3v) is 5.36. The summed E-state index contributed by atoms with van der Waals surface area (Å²) in [5.74, 6) is 0.609. The highest BCUT2D eigenvalue weighted by atomic mass is 19.1. The molecule has 1 aromatic heterocycles. The molecule has 0 spiro atoms. The van der Waals surface area contributed by atoms with Gasteiger partial charge in [0.05, 0.1) is 26.3 Å². The van der Waals surface area contributed by atoms with Gasteiger partial charge in [-0.1, -0.05) is 30.3 Å². The number of nitrogens with one attached hydrogen (secondary N) is 2. The molecule has 0 saturated heterocycles. The van der Waals surface area contributed by atoms with E-state index in [-0.39, 0.29) is 18.2 Å². The molecule has 0 radical (unpaired) electrons. The van der Waals surface area contributed by atoms with Crippen LogP contribution in [0.5, 0.6) is 23.0 Å². The molecule has 7 nitrogen and oxygen atoms in total. The third-order valence-electron chi connectivity index (χ3n) is 5.36. The predicted molar refractivity (Wildman–Crippen MR) is 133 cm³/mol. The van der Waals surface area contributed by atoms with Crippen molar-refractivity contribution in [2.24, 2.45) is 0 Å². The van der Waals surface area contributed by atoms with E-state index in [1.165, 1.54) is 24.8 Å². The Labute approximate surface area is 202 Å². The number of pyridine rings is 1. The van der Waals surface area contributed by atoms with Gasteiger partial charge in [0.1, 0.15) is 5.75 Å². The topological polar surface area (TPSA) is 81.7 Å². The number of carbonyl (C=O) groups is 1. The number of fused-ring (bicyclic) bond motifs is 1. The van der Waals surface area contributed by atoms with E-state index >= 15 is 0 Å². The number of nitrogens with zero attached hydrogens (tertiary/aromatic N) is 1. The zero-order valence-corrected chi connectivity index (χ0v) is 19.5. The first-order chi connectivity index (χ1) is 17.1. The second-order valence-corrected chi connectivity index (χ2v) is 7.74. The number of amides is 1. The summed E-state index contributed by atoms with van der Waals surface area (Å²) >= 11 is 0. The van der Waals surface area contributed by atoms with Crippen molar-refractivity contribution in [2.75, 3.05) is 32.6 Å². The first kappa shape index (κ1) is 24.0. The van der Waals surface area contributed by atoms with Crippen molar-refractivity contribution < 1.29 is 23.4 Å². The number of methoxy groups -OCH3 is 2. The second-order valence-electron chi connectivity index (χ2n) is 7.74. The van der Waals surface area contributed by atoms with E-state index in [4.69, 9.17) is 14.2 Å². The maximum Gasteiger partial charge on any atom is 0.238 e. The minimum absolute atomic E-state index is 0.0197. The van der Waals surface area contributed by atoms with Crippen LogP contribution in [0.2, 0.25) is 0 Å². The Morgan fingerprint density at radius 1 is 0.914 bits per heavy atom. The largest absolute Gasteiger partial charge is 0.493 e. The summed E-state index contributed by atoms with van der Waals surface area (Å²) in [6.07, 6.45) is 2.39. The minimum Gasteiger partial charge on any atom is -0.493 e. The van der Waals surface area contributed by atoms with Gasteiger partial charge in [0, 0.05) is 29.4 Å². The molecule has 2 N–H and O–H groups in total. The van der Waals surface area contributed by atoms with Gasteiger partial charge in [-0.25, -0.2) is 4.39 Å². The van der Waals surface area contributed by atoms with E-state index < -0.39 is 5.82 Å². The summed E-state index contributed by atoms with van der Waals surface area (Å²) < 4.78 is 31.3. The molecule has 0 fully saturated rings. The van der Waals surface area contributed by atoms with E-state index in [0.29, 0.717) is 40.4 Å². The second kappa shape index (κ2) is 11.3. The van der Waals surface area contributed by atoms with Gasteiger partial charge in [-0.05, 0) is 42.8 Å². The molecule has 35 heavy (non-hydrogen) atoms. The van der Waals surface area contributed by atoms with Gasteiger partial charge in [-0.15, -0.1) is 0 Å². The lowest BCUT2D eigenvalue weighted by atomic mass is 10.1. The van der Waals surface area contributed by atoms with E-state index in [2.05, 4.69) is 15.6 Å². The number of hydrogen-bond acceptors (Lipinski definition) is 6. The number of hydrogen-bond donors (Lipinski definition) is 2. The molecule has 4 rings (SSSR count). The summed E-state index contributed by atoms with van der Waals surface area (Å²) in [4.78, 5) is 16.5. The normalized spacial score (nSPS) is 10.7. The molecule has 0 aliphatic heterocycles. The van der Waals surface area contributed by atoms with Gasteiger partial charge in [0.25, 0.3) is 0 Å². The summed E-state index contributed by atoms with van der Waals surface area (Å²) in [5.41, 5.74) is 2.15. The molecule has 0 saturated carbocycles. The number of aromatic nitrogens is 1. The molecular weight excluding hydrogens is 449 g/mol. The number of carbonyl (C=O) groups excluding carboxylic acids is 1. The number of anilines is 1. The van der Waals surface area contributed by atoms with Crippen LogP contribution in [-0.4, -0.2) is 38.2 Å². The van der Waals surface area contributed by atoms with Crippen molar-refractivity contribution in [1.29, 1.82) is 0 Å². The molecule has 4 aromatic rings. The fourth-order valence-electron chi connectivity index (χ4n) is 3.60. The Morgan fingerprint density at radius 2 is 1.69 bits per heavy atom. The van der Waals surface area contributed by atoms with Crippen molar-refractivity contribution in [3.8, 4) is 23.0 Å². The first-order valence-electron chi connectivity index (χ1n) is 11.1. The number of ether oxygens (including phenoxy) is 3. The molecule has 1 amide bonds. The van der Waals surface area contributed by atoms with Gasteiger partial charge < -0.3 is 24.8 Å². The molecule has 8 heteroatoms. The average molecular weight is 476 g/mol. The van der Waals surface area contributed by atoms with E-state index in [1.807, 2.05) is 30.3 Å². The fourth-order valence-corrected chi connectivity index (χ4v) is 3.60. The highest BCUT2D eigenvalue weighted by Gasteiger charge is 2.14. The number of benzene rings is 3. The standard InChI is InChI=1S/C27H26FN3O4/c1-33-25-15-20-22(16-26(25)34-2)30-13-11-23(20)35-24-9-8-19(14-21(24)28)31-27(32)17-29-12-10-18-6-4-3-5-7-18/h3-9,11,13-16,29H,10,12,17H2,1-2H3,(H,31,32). The van der Waals surface area contributed by atoms with E-state index in [1.54, 1.807) is 37.6 Å². The molecule has 0 unspecified atom stereocenters. The predicted octanol–water partition coefficient (Wildman–Crippen LogP) is 4.95. The quantitative estimate of drug-likeness (QED) is 0.316. The average Bonchev–Trinajstić information content (AvgIpc) is 2.88. The molecule has 180 valence electrons. The summed E-state index contributed by atoms with van der Waals surface area (Å²) in [7, 11) is 3.08. The SMILES string of the molecule is COc1cc2nccc(Oc3ccc(NC(=O)CNCCc4ccccc4)cc3F)c2cc1OC. The highest BCUT2D eigenvalue weighted by molar-refractivity contribution is 5.92. The fraction of sp³-hybridized carbons (Fsp3) is 0.185. The smallest absolute Gasteiger partial charge is 0.238 e. The van der Waals surface area contributed by atoms with Gasteiger partial charge in [-0.3, -0.25) is 9.78 Å². The van der Waals surface area contributed by atoms with Crippen LogP contribution in [0.3, 0.4) is 0 Å². The van der Waals surface area contributed by atoms with Crippen molar-refractivity contribution in [3.63, 3.8) is 0 Å². The lowest BCUT2D eigenvalue weighted by Crippen LogP contribution is -2.29. The Kier molecular flexibility index (Phi) is 7.74. The van der Waals surface area contributed by atoms with Crippen LogP contribution in [-0.2, 0) is 11.2 Å². The van der Waals surface area contributed by atoms with E-state index in [0.717, 1.165) is 6.42 Å². The van der Waals surface area contributed by atoms with Crippen LogP contribution < -0.4 is 24.8 Å². The van der Waals surface area contributed by atoms with Gasteiger partial charge >= 0.3 is 0 Å². The van der Waals surface area contributed by atoms with Crippen LogP contribution in [0.15, 0.2) is 72.9 Å². The number of rotatable bonds is 10. The van der Waals surface area contributed by atoms with Crippen LogP contribution in [0.1, 0.15) is 5.56 Å². The maximum atomic E-state index is 14.8. The Bertz CT molecular complexity index is 1310. The molecular formula is C27H26FN3O4. The molecule has 0 aliphatic carbocycles. The molecule has 3 aromatic carbocycles. The Morgan fingerprint density at radius 3 is 2.43 bits per heavy atom.